The second-order valence-electron chi connectivity index (χ2n) is 4.47. The molecule has 0 aliphatic carbocycles. The van der Waals surface area contributed by atoms with E-state index < -0.39 is 11.2 Å². The number of nitrogens with one attached hydrogen (secondary N) is 1. The number of rotatable bonds is 8. The highest BCUT2D eigenvalue weighted by molar-refractivity contribution is 7.98. The molecule has 5 nitrogen and oxygen atoms in total. The summed E-state index contributed by atoms with van der Waals surface area (Å²) in [4.78, 5) is 25.3. The summed E-state index contributed by atoms with van der Waals surface area (Å²) in [5.74, 6) is 0.976. The van der Waals surface area contributed by atoms with Gasteiger partial charge in [-0.1, -0.05) is 19.8 Å². The summed E-state index contributed by atoms with van der Waals surface area (Å²) in [6.07, 6.45) is 6.65. The topological polar surface area (TPSA) is 75.1 Å². The van der Waals surface area contributed by atoms with Crippen LogP contribution in [0, 0.1) is 0 Å². The number of H-pyrrole nitrogens is 1. The number of aromatic hydroxyl groups is 1. The van der Waals surface area contributed by atoms with E-state index >= 15 is 0 Å². The molecule has 0 aliphatic rings. The number of hydrogen-bond acceptors (Lipinski definition) is 4. The Labute approximate surface area is 117 Å². The van der Waals surface area contributed by atoms with Crippen LogP contribution in [0.1, 0.15) is 38.2 Å². The molecule has 0 bridgehead atoms. The minimum absolute atomic E-state index is 0.180. The summed E-state index contributed by atoms with van der Waals surface area (Å²) in [7, 11) is 0. The lowest BCUT2D eigenvalue weighted by Gasteiger charge is -2.10. The third kappa shape index (κ3) is 4.45. The van der Waals surface area contributed by atoms with Crippen LogP contribution in [0.5, 0.6) is 5.88 Å². The Hall–Kier alpha value is -1.17. The standard InChI is InChI=1S/C13H22N2O3S/c1-3-10-11(16)14-13(18)15(12(10)17)8-6-4-5-7-9-19-2/h17H,3-9H2,1-2H3,(H,14,16,18). The molecule has 0 radical (unpaired) electrons. The van der Waals surface area contributed by atoms with Gasteiger partial charge in [-0.05, 0) is 31.3 Å². The molecule has 0 atom stereocenters. The predicted molar refractivity (Wildman–Crippen MR) is 79.2 cm³/mol. The zero-order chi connectivity index (χ0) is 14.3. The van der Waals surface area contributed by atoms with Gasteiger partial charge in [0, 0.05) is 6.54 Å². The first kappa shape index (κ1) is 15.9. The fraction of sp³-hybridized carbons (Fsp3) is 0.692. The second-order valence-corrected chi connectivity index (χ2v) is 5.46. The van der Waals surface area contributed by atoms with E-state index in [9.17, 15) is 14.7 Å². The summed E-state index contributed by atoms with van der Waals surface area (Å²) in [5, 5.41) is 9.93. The van der Waals surface area contributed by atoms with Crippen molar-refractivity contribution in [1.82, 2.24) is 9.55 Å². The highest BCUT2D eigenvalue weighted by Crippen LogP contribution is 2.12. The molecule has 19 heavy (non-hydrogen) atoms. The van der Waals surface area contributed by atoms with Crippen molar-refractivity contribution in [3.63, 3.8) is 0 Å². The average molecular weight is 286 g/mol. The summed E-state index contributed by atoms with van der Waals surface area (Å²) < 4.78 is 1.26. The Balaban J connectivity index is 2.64. The number of unbranched alkanes of at least 4 members (excludes halogenated alkanes) is 3. The minimum atomic E-state index is -0.524. The van der Waals surface area contributed by atoms with Gasteiger partial charge < -0.3 is 5.11 Å². The number of thioether (sulfide) groups is 1. The third-order valence-electron chi connectivity index (χ3n) is 3.10. The van der Waals surface area contributed by atoms with Crippen LogP contribution < -0.4 is 11.2 Å². The maximum Gasteiger partial charge on any atom is 0.331 e. The quantitative estimate of drug-likeness (QED) is 0.714. The molecule has 1 aromatic rings. The first-order chi connectivity index (χ1) is 9.11. The molecule has 1 heterocycles. The zero-order valence-electron chi connectivity index (χ0n) is 11.6. The number of nitrogens with zero attached hydrogens (tertiary/aromatic N) is 1. The second kappa shape index (κ2) is 8.09. The molecule has 0 aliphatic heterocycles. The molecule has 6 heteroatoms. The summed E-state index contributed by atoms with van der Waals surface area (Å²) in [5.41, 5.74) is -0.730. The molecule has 108 valence electrons. The van der Waals surface area contributed by atoms with Gasteiger partial charge >= 0.3 is 5.69 Å². The molecule has 0 unspecified atom stereocenters. The van der Waals surface area contributed by atoms with Crippen molar-refractivity contribution in [2.45, 2.75) is 45.6 Å². The van der Waals surface area contributed by atoms with Crippen LogP contribution in [0.25, 0.3) is 0 Å². The Morgan fingerprint density at radius 1 is 1.21 bits per heavy atom. The van der Waals surface area contributed by atoms with Crippen LogP contribution in [0.3, 0.4) is 0 Å². The van der Waals surface area contributed by atoms with E-state index in [1.165, 1.54) is 11.0 Å². The van der Waals surface area contributed by atoms with Gasteiger partial charge in [-0.15, -0.1) is 0 Å². The van der Waals surface area contributed by atoms with E-state index in [1.54, 1.807) is 6.92 Å². The lowest BCUT2D eigenvalue weighted by molar-refractivity contribution is 0.386. The van der Waals surface area contributed by atoms with Crippen molar-refractivity contribution in [2.24, 2.45) is 0 Å². The smallest absolute Gasteiger partial charge is 0.331 e. The molecular formula is C13H22N2O3S. The van der Waals surface area contributed by atoms with Gasteiger partial charge in [-0.2, -0.15) is 11.8 Å². The van der Waals surface area contributed by atoms with Crippen LogP contribution in [-0.4, -0.2) is 26.7 Å². The fourth-order valence-corrected chi connectivity index (χ4v) is 2.49. The molecular weight excluding hydrogens is 264 g/mol. The Bertz CT molecular complexity index is 508. The van der Waals surface area contributed by atoms with Gasteiger partial charge in [0.05, 0.1) is 5.56 Å². The SMILES string of the molecule is CCc1c(O)n(CCCCCCSC)c(=O)[nH]c1=O. The summed E-state index contributed by atoms with van der Waals surface area (Å²) in [6.45, 7) is 2.23. The van der Waals surface area contributed by atoms with Crippen LogP contribution in [-0.2, 0) is 13.0 Å². The largest absolute Gasteiger partial charge is 0.494 e. The van der Waals surface area contributed by atoms with E-state index in [2.05, 4.69) is 11.2 Å². The lowest BCUT2D eigenvalue weighted by Crippen LogP contribution is -2.32. The molecule has 0 saturated heterocycles. The minimum Gasteiger partial charge on any atom is -0.494 e. The monoisotopic (exact) mass is 286 g/mol. The van der Waals surface area contributed by atoms with Crippen molar-refractivity contribution in [3.8, 4) is 5.88 Å². The van der Waals surface area contributed by atoms with Crippen LogP contribution >= 0.6 is 11.8 Å². The highest BCUT2D eigenvalue weighted by Gasteiger charge is 2.11. The van der Waals surface area contributed by atoms with E-state index in [-0.39, 0.29) is 11.4 Å². The zero-order valence-corrected chi connectivity index (χ0v) is 12.4. The average Bonchev–Trinajstić information content (AvgIpc) is 2.37. The number of hydrogen-bond donors (Lipinski definition) is 2. The van der Waals surface area contributed by atoms with Crippen LogP contribution in [0.4, 0.5) is 0 Å². The molecule has 0 aromatic carbocycles. The van der Waals surface area contributed by atoms with E-state index in [1.807, 2.05) is 11.8 Å². The predicted octanol–water partition coefficient (Wildman–Crippen LogP) is 1.73. The van der Waals surface area contributed by atoms with Gasteiger partial charge in [0.15, 0.2) is 0 Å². The Morgan fingerprint density at radius 2 is 1.89 bits per heavy atom. The van der Waals surface area contributed by atoms with E-state index in [0.29, 0.717) is 13.0 Å². The molecule has 0 amide bonds. The summed E-state index contributed by atoms with van der Waals surface area (Å²) >= 11 is 1.83. The maximum atomic E-state index is 11.6. The molecule has 1 rings (SSSR count). The number of aromatic nitrogens is 2. The van der Waals surface area contributed by atoms with Crippen LogP contribution in [0.2, 0.25) is 0 Å². The molecule has 1 aromatic heterocycles. The highest BCUT2D eigenvalue weighted by atomic mass is 32.2. The van der Waals surface area contributed by atoms with Gasteiger partial charge in [0.25, 0.3) is 5.56 Å². The van der Waals surface area contributed by atoms with Gasteiger partial charge in [0.2, 0.25) is 5.88 Å². The Kier molecular flexibility index (Phi) is 6.77. The lowest BCUT2D eigenvalue weighted by atomic mass is 10.2. The van der Waals surface area contributed by atoms with Crippen molar-refractivity contribution in [3.05, 3.63) is 26.4 Å². The van der Waals surface area contributed by atoms with Crippen LogP contribution in [0.15, 0.2) is 9.59 Å². The van der Waals surface area contributed by atoms with Crippen molar-refractivity contribution < 1.29 is 5.11 Å². The van der Waals surface area contributed by atoms with Gasteiger partial charge in [-0.25, -0.2) is 4.79 Å². The fourth-order valence-electron chi connectivity index (χ4n) is 2.00. The van der Waals surface area contributed by atoms with Gasteiger partial charge in [-0.3, -0.25) is 14.3 Å². The normalized spacial score (nSPS) is 10.8. The van der Waals surface area contributed by atoms with Crippen molar-refractivity contribution >= 4 is 11.8 Å². The van der Waals surface area contributed by atoms with Gasteiger partial charge in [0.1, 0.15) is 0 Å². The first-order valence-corrected chi connectivity index (χ1v) is 8.05. The third-order valence-corrected chi connectivity index (χ3v) is 3.80. The molecule has 2 N–H and O–H groups in total. The molecule has 0 saturated carbocycles. The van der Waals surface area contributed by atoms with E-state index in [4.69, 9.17) is 0 Å². The summed E-state index contributed by atoms with van der Waals surface area (Å²) in [6, 6.07) is 0. The van der Waals surface area contributed by atoms with Crippen molar-refractivity contribution in [2.75, 3.05) is 12.0 Å². The van der Waals surface area contributed by atoms with Crippen molar-refractivity contribution in [1.29, 1.82) is 0 Å². The maximum absolute atomic E-state index is 11.6. The Morgan fingerprint density at radius 3 is 2.53 bits per heavy atom. The number of aromatic amines is 1. The molecule has 0 spiro atoms. The first-order valence-electron chi connectivity index (χ1n) is 6.65. The molecule has 0 fully saturated rings. The van der Waals surface area contributed by atoms with E-state index in [0.717, 1.165) is 25.0 Å².